The normalized spacial score (nSPS) is 10.8. The number of hydrogen-bond acceptors (Lipinski definition) is 4. The van der Waals surface area contributed by atoms with Gasteiger partial charge in [0.25, 0.3) is 0 Å². The Balaban J connectivity index is 2.24. The summed E-state index contributed by atoms with van der Waals surface area (Å²) in [5.41, 5.74) is 7.72. The quantitative estimate of drug-likeness (QED) is 0.647. The number of ether oxygens (including phenoxy) is 1. The summed E-state index contributed by atoms with van der Waals surface area (Å²) in [6, 6.07) is 12.4. The molecule has 0 amide bonds. The second-order valence-electron chi connectivity index (χ2n) is 3.84. The van der Waals surface area contributed by atoms with E-state index in [1.807, 2.05) is 6.92 Å². The zero-order chi connectivity index (χ0) is 13.7. The number of nitrogens with zero attached hydrogens (tertiary/aromatic N) is 2. The number of anilines is 1. The molecule has 0 aliphatic heterocycles. The van der Waals surface area contributed by atoms with Crippen LogP contribution in [-0.4, -0.2) is 6.61 Å². The molecule has 0 saturated heterocycles. The Morgan fingerprint density at radius 2 is 1.84 bits per heavy atom. The lowest BCUT2D eigenvalue weighted by Crippen LogP contribution is -1.93. The van der Waals surface area contributed by atoms with E-state index >= 15 is 0 Å². The van der Waals surface area contributed by atoms with Gasteiger partial charge in [0.15, 0.2) is 0 Å². The summed E-state index contributed by atoms with van der Waals surface area (Å²) in [7, 11) is 0. The first-order valence-electron chi connectivity index (χ1n) is 5.88. The molecule has 0 unspecified atom stereocenters. The largest absolute Gasteiger partial charge is 0.491 e. The highest BCUT2D eigenvalue weighted by Crippen LogP contribution is 2.31. The van der Waals surface area contributed by atoms with Gasteiger partial charge in [-0.2, -0.15) is 5.11 Å². The van der Waals surface area contributed by atoms with E-state index < -0.39 is 0 Å². The highest BCUT2D eigenvalue weighted by Gasteiger charge is 2.03. The number of benzene rings is 2. The molecule has 0 spiro atoms. The fourth-order valence-corrected chi connectivity index (χ4v) is 1.63. The molecule has 4 nitrogen and oxygen atoms in total. The third kappa shape index (κ3) is 3.69. The monoisotopic (exact) mass is 275 g/mol. The van der Waals surface area contributed by atoms with E-state index in [4.69, 9.17) is 22.1 Å². The molecule has 0 aromatic heterocycles. The predicted octanol–water partition coefficient (Wildman–Crippen LogP) is 4.74. The molecular weight excluding hydrogens is 262 g/mol. The number of nitrogens with two attached hydrogens (primary N) is 1. The first-order chi connectivity index (χ1) is 9.19. The van der Waals surface area contributed by atoms with E-state index in [1.165, 1.54) is 0 Å². The first kappa shape index (κ1) is 13.4. The van der Waals surface area contributed by atoms with Crippen molar-refractivity contribution in [2.24, 2.45) is 10.2 Å². The van der Waals surface area contributed by atoms with Crippen LogP contribution in [0.4, 0.5) is 17.1 Å². The Hall–Kier alpha value is -2.07. The molecule has 0 fully saturated rings. The maximum Gasteiger partial charge on any atom is 0.148 e. The number of hydrogen-bond donors (Lipinski definition) is 1. The van der Waals surface area contributed by atoms with Gasteiger partial charge in [-0.1, -0.05) is 11.6 Å². The standard InChI is InChI=1S/C14H14ClN3O/c1-2-19-14-9-11(16)5-8-13(14)18-17-12-6-3-10(15)4-7-12/h3-9H,2,16H2,1H3/b18-17+. The van der Waals surface area contributed by atoms with E-state index in [0.29, 0.717) is 28.8 Å². The zero-order valence-electron chi connectivity index (χ0n) is 10.5. The number of nitrogen functional groups attached to an aromatic ring is 1. The maximum atomic E-state index is 5.81. The molecule has 0 saturated carbocycles. The van der Waals surface area contributed by atoms with Gasteiger partial charge in [0.1, 0.15) is 11.4 Å². The summed E-state index contributed by atoms with van der Waals surface area (Å²) in [5.74, 6) is 0.625. The third-order valence-electron chi connectivity index (χ3n) is 2.38. The molecule has 0 heterocycles. The van der Waals surface area contributed by atoms with Crippen molar-refractivity contribution in [3.05, 3.63) is 47.5 Å². The topological polar surface area (TPSA) is 60.0 Å². The minimum absolute atomic E-state index is 0.549. The predicted molar refractivity (Wildman–Crippen MR) is 77.7 cm³/mol. The molecule has 2 aromatic carbocycles. The summed E-state index contributed by atoms with van der Waals surface area (Å²) in [6.45, 7) is 2.45. The first-order valence-corrected chi connectivity index (χ1v) is 6.26. The van der Waals surface area contributed by atoms with Crippen LogP contribution >= 0.6 is 11.6 Å². The van der Waals surface area contributed by atoms with E-state index in [-0.39, 0.29) is 0 Å². The molecule has 19 heavy (non-hydrogen) atoms. The van der Waals surface area contributed by atoms with Crippen LogP contribution in [0.25, 0.3) is 0 Å². The van der Waals surface area contributed by atoms with Gasteiger partial charge in [-0.3, -0.25) is 0 Å². The maximum absolute atomic E-state index is 5.81. The molecule has 5 heteroatoms. The lowest BCUT2D eigenvalue weighted by atomic mass is 10.2. The van der Waals surface area contributed by atoms with Crippen molar-refractivity contribution in [3.8, 4) is 5.75 Å². The average molecular weight is 276 g/mol. The highest BCUT2D eigenvalue weighted by atomic mass is 35.5. The lowest BCUT2D eigenvalue weighted by molar-refractivity contribution is 0.341. The summed E-state index contributed by atoms with van der Waals surface area (Å²) in [4.78, 5) is 0. The summed E-state index contributed by atoms with van der Waals surface area (Å²) in [6.07, 6.45) is 0. The minimum atomic E-state index is 0.549. The molecule has 0 aliphatic rings. The number of rotatable bonds is 4. The zero-order valence-corrected chi connectivity index (χ0v) is 11.3. The van der Waals surface area contributed by atoms with Crippen molar-refractivity contribution < 1.29 is 4.74 Å². The van der Waals surface area contributed by atoms with Crippen LogP contribution in [0.5, 0.6) is 5.75 Å². The van der Waals surface area contributed by atoms with Crippen LogP contribution in [0.15, 0.2) is 52.7 Å². The van der Waals surface area contributed by atoms with E-state index in [0.717, 1.165) is 5.69 Å². The van der Waals surface area contributed by atoms with Gasteiger partial charge >= 0.3 is 0 Å². The van der Waals surface area contributed by atoms with Gasteiger partial charge in [0.2, 0.25) is 0 Å². The van der Waals surface area contributed by atoms with Crippen LogP contribution < -0.4 is 10.5 Å². The summed E-state index contributed by atoms with van der Waals surface area (Å²) < 4.78 is 5.47. The molecular formula is C14H14ClN3O. The Kier molecular flexibility index (Phi) is 4.36. The molecule has 98 valence electrons. The Morgan fingerprint density at radius 1 is 1.11 bits per heavy atom. The van der Waals surface area contributed by atoms with Crippen molar-refractivity contribution in [2.75, 3.05) is 12.3 Å². The van der Waals surface area contributed by atoms with Gasteiger partial charge < -0.3 is 10.5 Å². The van der Waals surface area contributed by atoms with E-state index in [2.05, 4.69) is 10.2 Å². The van der Waals surface area contributed by atoms with Crippen molar-refractivity contribution >= 4 is 28.7 Å². The summed E-state index contributed by atoms with van der Waals surface area (Å²) >= 11 is 5.81. The highest BCUT2D eigenvalue weighted by molar-refractivity contribution is 6.30. The number of azo groups is 1. The van der Waals surface area contributed by atoms with Crippen LogP contribution in [-0.2, 0) is 0 Å². The van der Waals surface area contributed by atoms with Crippen LogP contribution in [0.1, 0.15) is 6.92 Å². The molecule has 2 aromatic rings. The molecule has 2 N–H and O–H groups in total. The van der Waals surface area contributed by atoms with Gasteiger partial charge in [-0.15, -0.1) is 5.11 Å². The van der Waals surface area contributed by atoms with Crippen molar-refractivity contribution in [2.45, 2.75) is 6.92 Å². The smallest absolute Gasteiger partial charge is 0.148 e. The lowest BCUT2D eigenvalue weighted by Gasteiger charge is -2.06. The molecule has 0 aliphatic carbocycles. The Morgan fingerprint density at radius 3 is 2.53 bits per heavy atom. The third-order valence-corrected chi connectivity index (χ3v) is 2.64. The minimum Gasteiger partial charge on any atom is -0.491 e. The van der Waals surface area contributed by atoms with Crippen molar-refractivity contribution in [3.63, 3.8) is 0 Å². The van der Waals surface area contributed by atoms with Crippen molar-refractivity contribution in [1.82, 2.24) is 0 Å². The van der Waals surface area contributed by atoms with Crippen LogP contribution in [0.3, 0.4) is 0 Å². The Labute approximate surface area is 116 Å². The molecule has 0 bridgehead atoms. The second kappa shape index (κ2) is 6.20. The van der Waals surface area contributed by atoms with Crippen LogP contribution in [0.2, 0.25) is 5.02 Å². The van der Waals surface area contributed by atoms with E-state index in [9.17, 15) is 0 Å². The Bertz CT molecular complexity index is 582. The van der Waals surface area contributed by atoms with Crippen molar-refractivity contribution in [1.29, 1.82) is 0 Å². The fraction of sp³-hybridized carbons (Fsp3) is 0.143. The average Bonchev–Trinajstić information content (AvgIpc) is 2.40. The van der Waals surface area contributed by atoms with Gasteiger partial charge in [-0.05, 0) is 43.3 Å². The second-order valence-corrected chi connectivity index (χ2v) is 4.27. The summed E-state index contributed by atoms with van der Waals surface area (Å²) in [5, 5.41) is 8.97. The molecule has 0 atom stereocenters. The molecule has 0 radical (unpaired) electrons. The SMILES string of the molecule is CCOc1cc(N)ccc1/N=N/c1ccc(Cl)cc1. The number of halogens is 1. The van der Waals surface area contributed by atoms with Gasteiger partial charge in [-0.25, -0.2) is 0 Å². The molecule has 2 rings (SSSR count). The van der Waals surface area contributed by atoms with Gasteiger partial charge in [0.05, 0.1) is 12.3 Å². The van der Waals surface area contributed by atoms with Crippen LogP contribution in [0, 0.1) is 0 Å². The fourth-order valence-electron chi connectivity index (χ4n) is 1.50. The van der Waals surface area contributed by atoms with E-state index in [1.54, 1.807) is 42.5 Å². The van der Waals surface area contributed by atoms with Gasteiger partial charge in [0, 0.05) is 16.8 Å².